The molecular formula is C27H32F6N4O2. The van der Waals surface area contributed by atoms with Crippen LogP contribution in [0.3, 0.4) is 0 Å². The van der Waals surface area contributed by atoms with E-state index in [2.05, 4.69) is 0 Å². The van der Waals surface area contributed by atoms with Crippen molar-refractivity contribution in [2.75, 3.05) is 55.4 Å². The Morgan fingerprint density at radius 2 is 1.54 bits per heavy atom. The fourth-order valence-electron chi connectivity index (χ4n) is 5.17. The van der Waals surface area contributed by atoms with Gasteiger partial charge in [0.05, 0.1) is 17.2 Å². The van der Waals surface area contributed by atoms with Crippen molar-refractivity contribution in [3.05, 3.63) is 53.6 Å². The van der Waals surface area contributed by atoms with E-state index in [1.165, 1.54) is 18.2 Å². The van der Waals surface area contributed by atoms with Crippen LogP contribution in [0, 0.1) is 0 Å². The van der Waals surface area contributed by atoms with Gasteiger partial charge < -0.3 is 25.2 Å². The fraction of sp³-hybridized carbons (Fsp3) is 0.519. The van der Waals surface area contributed by atoms with Crippen molar-refractivity contribution in [2.24, 2.45) is 0 Å². The minimum absolute atomic E-state index is 0.0449. The normalized spacial score (nSPS) is 20.7. The van der Waals surface area contributed by atoms with Crippen LogP contribution in [0.1, 0.15) is 36.8 Å². The summed E-state index contributed by atoms with van der Waals surface area (Å²) in [5.41, 5.74) is 4.80. The minimum atomic E-state index is -4.52. The van der Waals surface area contributed by atoms with Crippen LogP contribution in [0.4, 0.5) is 43.4 Å². The molecule has 2 fully saturated rings. The van der Waals surface area contributed by atoms with E-state index in [1.54, 1.807) is 18.0 Å². The first kappa shape index (κ1) is 28.8. The lowest BCUT2D eigenvalue weighted by atomic mass is 9.91. The maximum Gasteiger partial charge on any atom is 0.418 e. The second kappa shape index (κ2) is 11.5. The lowest BCUT2D eigenvalue weighted by Crippen LogP contribution is -2.50. The van der Waals surface area contributed by atoms with E-state index in [4.69, 9.17) is 10.5 Å². The molecule has 0 spiro atoms. The highest BCUT2D eigenvalue weighted by Gasteiger charge is 2.34. The third-order valence-corrected chi connectivity index (χ3v) is 7.58. The molecule has 1 aliphatic heterocycles. The number of carbonyl (C=O) groups excluding carboxylic acids is 1. The van der Waals surface area contributed by atoms with Crippen LogP contribution in [0.25, 0.3) is 0 Å². The van der Waals surface area contributed by atoms with E-state index < -0.39 is 23.5 Å². The molecule has 1 saturated carbocycles. The Balaban J connectivity index is 1.20. The maximum atomic E-state index is 13.2. The van der Waals surface area contributed by atoms with E-state index in [1.807, 2.05) is 9.80 Å². The summed E-state index contributed by atoms with van der Waals surface area (Å²) < 4.78 is 83.9. The molecule has 4 rings (SSSR count). The zero-order chi connectivity index (χ0) is 28.4. The monoisotopic (exact) mass is 558 g/mol. The SMILES string of the molecule is CN(c1ccc(N)c(C(F)(F)F)c1)C1CCC(OCC(=O)N2CCN(c3ccc(C(F)(F)F)cc3)CC2)CC1. The highest BCUT2D eigenvalue weighted by atomic mass is 19.4. The lowest BCUT2D eigenvalue weighted by Gasteiger charge is -2.37. The molecule has 0 aromatic heterocycles. The van der Waals surface area contributed by atoms with E-state index in [0.29, 0.717) is 63.2 Å². The Kier molecular flexibility index (Phi) is 8.53. The first-order valence-corrected chi connectivity index (χ1v) is 12.8. The van der Waals surface area contributed by atoms with Crippen molar-refractivity contribution in [3.8, 4) is 0 Å². The van der Waals surface area contributed by atoms with Gasteiger partial charge in [-0.25, -0.2) is 0 Å². The van der Waals surface area contributed by atoms with Gasteiger partial charge in [0.1, 0.15) is 6.61 Å². The second-order valence-corrected chi connectivity index (χ2v) is 10.0. The quantitative estimate of drug-likeness (QED) is 0.379. The number of hydrogen-bond acceptors (Lipinski definition) is 5. The number of nitrogen functional groups attached to an aromatic ring is 1. The number of amides is 1. The van der Waals surface area contributed by atoms with Gasteiger partial charge in [-0.3, -0.25) is 4.79 Å². The van der Waals surface area contributed by atoms with Crippen molar-refractivity contribution in [1.82, 2.24) is 4.90 Å². The molecule has 1 amide bonds. The number of rotatable bonds is 6. The Labute approximate surface area is 223 Å². The van der Waals surface area contributed by atoms with E-state index >= 15 is 0 Å². The zero-order valence-corrected chi connectivity index (χ0v) is 21.6. The Hall–Kier alpha value is -3.15. The van der Waals surface area contributed by atoms with Gasteiger partial charge in [0.25, 0.3) is 0 Å². The Morgan fingerprint density at radius 1 is 0.923 bits per heavy atom. The molecule has 0 atom stereocenters. The fourth-order valence-corrected chi connectivity index (χ4v) is 5.17. The Bertz CT molecular complexity index is 1120. The second-order valence-electron chi connectivity index (χ2n) is 10.0. The van der Waals surface area contributed by atoms with Gasteiger partial charge >= 0.3 is 12.4 Å². The molecule has 2 aromatic rings. The van der Waals surface area contributed by atoms with Crippen molar-refractivity contribution < 1.29 is 35.9 Å². The predicted molar refractivity (Wildman–Crippen MR) is 136 cm³/mol. The zero-order valence-electron chi connectivity index (χ0n) is 21.6. The molecule has 2 aliphatic rings. The molecule has 1 heterocycles. The van der Waals surface area contributed by atoms with Crippen LogP contribution in [0.2, 0.25) is 0 Å². The Morgan fingerprint density at radius 3 is 2.10 bits per heavy atom. The summed E-state index contributed by atoms with van der Waals surface area (Å²) in [7, 11) is 1.77. The molecular weight excluding hydrogens is 526 g/mol. The summed E-state index contributed by atoms with van der Waals surface area (Å²) in [6.07, 6.45) is -6.20. The van der Waals surface area contributed by atoms with Gasteiger partial charge in [-0.05, 0) is 68.1 Å². The molecule has 1 saturated heterocycles. The number of nitrogens with two attached hydrogens (primary N) is 1. The number of hydrogen-bond donors (Lipinski definition) is 1. The first-order chi connectivity index (χ1) is 18.3. The van der Waals surface area contributed by atoms with Crippen molar-refractivity contribution >= 4 is 23.0 Å². The molecule has 214 valence electrons. The molecule has 12 heteroatoms. The minimum Gasteiger partial charge on any atom is -0.398 e. The number of nitrogens with zero attached hydrogens (tertiary/aromatic N) is 3. The van der Waals surface area contributed by atoms with E-state index in [-0.39, 0.29) is 30.3 Å². The number of piperazine rings is 1. The van der Waals surface area contributed by atoms with E-state index in [0.717, 1.165) is 18.2 Å². The summed E-state index contributed by atoms with van der Waals surface area (Å²) >= 11 is 0. The largest absolute Gasteiger partial charge is 0.418 e. The topological polar surface area (TPSA) is 62.0 Å². The highest BCUT2D eigenvalue weighted by molar-refractivity contribution is 5.77. The molecule has 6 nitrogen and oxygen atoms in total. The van der Waals surface area contributed by atoms with Gasteiger partial charge in [-0.1, -0.05) is 0 Å². The average Bonchev–Trinajstić information content (AvgIpc) is 2.91. The van der Waals surface area contributed by atoms with Gasteiger partial charge in [0.15, 0.2) is 0 Å². The number of carbonyl (C=O) groups is 1. The van der Waals surface area contributed by atoms with Gasteiger partial charge in [0, 0.05) is 56.3 Å². The van der Waals surface area contributed by atoms with Gasteiger partial charge in [-0.2, -0.15) is 26.3 Å². The molecule has 2 N–H and O–H groups in total. The smallest absolute Gasteiger partial charge is 0.398 e. The van der Waals surface area contributed by atoms with Gasteiger partial charge in [-0.15, -0.1) is 0 Å². The third kappa shape index (κ3) is 7.09. The number of halogens is 6. The van der Waals surface area contributed by atoms with Gasteiger partial charge in [0.2, 0.25) is 5.91 Å². The number of anilines is 3. The molecule has 0 unspecified atom stereocenters. The highest BCUT2D eigenvalue weighted by Crippen LogP contribution is 2.37. The standard InChI is InChI=1S/C27H32F6N4O2/c1-35(21-8-11-24(34)23(16-21)27(31,32)33)19-6-9-22(10-7-19)39-17-25(38)37-14-12-36(13-15-37)20-4-2-18(3-5-20)26(28,29)30/h2-5,8,11,16,19,22H,6-7,9-10,12-15,17,34H2,1H3. The predicted octanol–water partition coefficient (Wildman–Crippen LogP) is 5.42. The van der Waals surface area contributed by atoms with Crippen LogP contribution in [-0.4, -0.2) is 62.8 Å². The molecule has 2 aromatic carbocycles. The molecule has 0 bridgehead atoms. The van der Waals surface area contributed by atoms with Crippen LogP contribution < -0.4 is 15.5 Å². The molecule has 1 aliphatic carbocycles. The summed E-state index contributed by atoms with van der Waals surface area (Å²) in [4.78, 5) is 18.2. The van der Waals surface area contributed by atoms with Crippen molar-refractivity contribution in [3.63, 3.8) is 0 Å². The van der Waals surface area contributed by atoms with Crippen LogP contribution in [0.5, 0.6) is 0 Å². The summed E-state index contributed by atoms with van der Waals surface area (Å²) in [6.45, 7) is 1.86. The van der Waals surface area contributed by atoms with Crippen molar-refractivity contribution in [1.29, 1.82) is 0 Å². The lowest BCUT2D eigenvalue weighted by molar-refractivity contribution is -0.139. The van der Waals surface area contributed by atoms with E-state index in [9.17, 15) is 31.1 Å². The number of alkyl halides is 6. The molecule has 39 heavy (non-hydrogen) atoms. The number of benzene rings is 2. The first-order valence-electron chi connectivity index (χ1n) is 12.8. The van der Waals surface area contributed by atoms with Crippen LogP contribution in [0.15, 0.2) is 42.5 Å². The summed E-state index contributed by atoms with van der Waals surface area (Å²) in [5.74, 6) is -0.136. The van der Waals surface area contributed by atoms with Crippen LogP contribution >= 0.6 is 0 Å². The number of ether oxygens (including phenoxy) is 1. The van der Waals surface area contributed by atoms with Crippen LogP contribution in [-0.2, 0) is 21.9 Å². The summed E-state index contributed by atoms with van der Waals surface area (Å²) in [5, 5.41) is 0. The van der Waals surface area contributed by atoms with Crippen molar-refractivity contribution in [2.45, 2.75) is 50.2 Å². The average molecular weight is 559 g/mol. The third-order valence-electron chi connectivity index (χ3n) is 7.58. The molecule has 0 radical (unpaired) electrons. The summed E-state index contributed by atoms with van der Waals surface area (Å²) in [6, 6.07) is 8.99. The maximum absolute atomic E-state index is 13.2.